The molecule has 3 heterocycles. The summed E-state index contributed by atoms with van der Waals surface area (Å²) in [5.74, 6) is 0.0766. The number of thioether (sulfide) groups is 1. The number of nitrogens with zero attached hydrogens (tertiary/aromatic N) is 3. The normalized spacial score (nSPS) is 19.0. The summed E-state index contributed by atoms with van der Waals surface area (Å²) in [5.41, 5.74) is 0.179. The summed E-state index contributed by atoms with van der Waals surface area (Å²) in [7, 11) is -2.25. The van der Waals surface area contributed by atoms with Crippen LogP contribution in [0.25, 0.3) is 10.8 Å². The zero-order valence-corrected chi connectivity index (χ0v) is 15.3. The van der Waals surface area contributed by atoms with E-state index in [9.17, 15) is 18.3 Å². The Balaban J connectivity index is 2.23. The van der Waals surface area contributed by atoms with E-state index in [0.717, 1.165) is 6.26 Å². The molecule has 1 aliphatic heterocycles. The van der Waals surface area contributed by atoms with E-state index in [2.05, 4.69) is 14.7 Å². The van der Waals surface area contributed by atoms with E-state index in [4.69, 9.17) is 0 Å². The third kappa shape index (κ3) is 3.29. The van der Waals surface area contributed by atoms with Gasteiger partial charge in [-0.2, -0.15) is 16.1 Å². The van der Waals surface area contributed by atoms with Crippen molar-refractivity contribution in [3.8, 4) is 5.75 Å². The van der Waals surface area contributed by atoms with Gasteiger partial charge in [0.1, 0.15) is 0 Å². The van der Waals surface area contributed by atoms with Crippen molar-refractivity contribution < 1.29 is 23.1 Å². The predicted octanol–water partition coefficient (Wildman–Crippen LogP) is 1.17. The molecule has 1 unspecified atom stereocenters. The topological polar surface area (TPSA) is 110 Å². The number of aromatic hydroxyl groups is 1. The molecular formula is C15H17N3O5S2. The van der Waals surface area contributed by atoms with Crippen LogP contribution in [0.4, 0.5) is 0 Å². The lowest BCUT2D eigenvalue weighted by Gasteiger charge is -2.33. The van der Waals surface area contributed by atoms with Gasteiger partial charge in [-0.25, -0.2) is 18.2 Å². The number of aromatic nitrogens is 2. The van der Waals surface area contributed by atoms with Crippen molar-refractivity contribution in [3.63, 3.8) is 0 Å². The minimum Gasteiger partial charge on any atom is -0.505 e. The van der Waals surface area contributed by atoms with Gasteiger partial charge in [-0.3, -0.25) is 4.98 Å². The van der Waals surface area contributed by atoms with Crippen molar-refractivity contribution in [2.24, 2.45) is 0 Å². The maximum Gasteiger partial charge on any atom is 0.360 e. The van der Waals surface area contributed by atoms with Gasteiger partial charge < -0.3 is 9.84 Å². The third-order valence-electron chi connectivity index (χ3n) is 4.01. The number of carbonyl (C=O) groups excluding carboxylic acids is 1. The average Bonchev–Trinajstić information content (AvgIpc) is 2.60. The molecule has 0 bridgehead atoms. The Bertz CT molecular complexity index is 932. The summed E-state index contributed by atoms with van der Waals surface area (Å²) in [6.45, 7) is 0.363. The SMILES string of the molecule is COC(=O)c1ncc2ccnc(C3CSCCN3S(C)(=O)=O)c2c1O. The van der Waals surface area contributed by atoms with Gasteiger partial charge in [-0.05, 0) is 6.07 Å². The smallest absolute Gasteiger partial charge is 0.360 e. The first-order valence-corrected chi connectivity index (χ1v) is 10.4. The van der Waals surface area contributed by atoms with Gasteiger partial charge in [0.05, 0.1) is 30.5 Å². The maximum absolute atomic E-state index is 12.2. The van der Waals surface area contributed by atoms with Crippen molar-refractivity contribution >= 4 is 38.5 Å². The predicted molar refractivity (Wildman–Crippen MR) is 94.2 cm³/mol. The first-order valence-electron chi connectivity index (χ1n) is 7.44. The number of sulfonamides is 1. The lowest BCUT2D eigenvalue weighted by Crippen LogP contribution is -2.40. The van der Waals surface area contributed by atoms with Crippen LogP contribution in [0, 0.1) is 0 Å². The molecule has 0 amide bonds. The Kier molecular flexibility index (Phi) is 4.85. The lowest BCUT2D eigenvalue weighted by atomic mass is 10.0. The van der Waals surface area contributed by atoms with E-state index >= 15 is 0 Å². The number of hydrogen-bond donors (Lipinski definition) is 1. The molecule has 1 aliphatic rings. The number of fused-ring (bicyclic) bond motifs is 1. The van der Waals surface area contributed by atoms with Gasteiger partial charge in [0, 0.05) is 35.8 Å². The monoisotopic (exact) mass is 383 g/mol. The highest BCUT2D eigenvalue weighted by molar-refractivity contribution is 7.99. The second kappa shape index (κ2) is 6.77. The fourth-order valence-corrected chi connectivity index (χ4v) is 5.20. The maximum atomic E-state index is 12.2. The van der Waals surface area contributed by atoms with Gasteiger partial charge >= 0.3 is 5.97 Å². The summed E-state index contributed by atoms with van der Waals surface area (Å²) in [4.78, 5) is 20.1. The van der Waals surface area contributed by atoms with E-state index < -0.39 is 22.0 Å². The van der Waals surface area contributed by atoms with Crippen LogP contribution in [0.5, 0.6) is 5.75 Å². The summed E-state index contributed by atoms with van der Waals surface area (Å²) in [5, 5.41) is 11.5. The Morgan fingerprint density at radius 3 is 2.88 bits per heavy atom. The van der Waals surface area contributed by atoms with E-state index in [1.165, 1.54) is 23.8 Å². The molecule has 0 spiro atoms. The van der Waals surface area contributed by atoms with Gasteiger partial charge in [0.2, 0.25) is 10.0 Å². The van der Waals surface area contributed by atoms with E-state index in [0.29, 0.717) is 34.5 Å². The molecule has 1 fully saturated rings. The number of rotatable bonds is 3. The molecule has 0 aromatic carbocycles. The van der Waals surface area contributed by atoms with Crippen LogP contribution >= 0.6 is 11.8 Å². The number of esters is 1. The van der Waals surface area contributed by atoms with Crippen molar-refractivity contribution in [1.82, 2.24) is 14.3 Å². The van der Waals surface area contributed by atoms with E-state index in [-0.39, 0.29) is 11.4 Å². The minimum atomic E-state index is -3.44. The number of hydrogen-bond acceptors (Lipinski definition) is 8. The summed E-state index contributed by atoms with van der Waals surface area (Å²) >= 11 is 1.61. The fraction of sp³-hybridized carbons (Fsp3) is 0.400. The van der Waals surface area contributed by atoms with Crippen molar-refractivity contribution in [2.45, 2.75) is 6.04 Å². The molecule has 0 aliphatic carbocycles. The molecule has 0 saturated carbocycles. The first-order chi connectivity index (χ1) is 11.8. The molecule has 25 heavy (non-hydrogen) atoms. The molecule has 1 atom stereocenters. The second-order valence-electron chi connectivity index (χ2n) is 5.57. The lowest BCUT2D eigenvalue weighted by molar-refractivity contribution is 0.0590. The molecule has 1 saturated heterocycles. The molecule has 0 radical (unpaired) electrons. The quantitative estimate of drug-likeness (QED) is 0.787. The molecular weight excluding hydrogens is 366 g/mol. The Morgan fingerprint density at radius 1 is 1.44 bits per heavy atom. The molecule has 8 nitrogen and oxygen atoms in total. The summed E-state index contributed by atoms with van der Waals surface area (Å²) < 4.78 is 30.3. The minimum absolute atomic E-state index is 0.224. The average molecular weight is 383 g/mol. The summed E-state index contributed by atoms with van der Waals surface area (Å²) in [6.07, 6.45) is 4.13. The number of ether oxygens (including phenoxy) is 1. The Morgan fingerprint density at radius 2 is 2.20 bits per heavy atom. The van der Waals surface area contributed by atoms with Crippen LogP contribution in [0.3, 0.4) is 0 Å². The van der Waals surface area contributed by atoms with Crippen LogP contribution in [-0.2, 0) is 14.8 Å². The largest absolute Gasteiger partial charge is 0.505 e. The van der Waals surface area contributed by atoms with E-state index in [1.54, 1.807) is 17.8 Å². The molecule has 2 aromatic rings. The Hall–Kier alpha value is -1.91. The number of pyridine rings is 2. The van der Waals surface area contributed by atoms with Crippen molar-refractivity contribution in [1.29, 1.82) is 0 Å². The van der Waals surface area contributed by atoms with Gasteiger partial charge in [0.15, 0.2) is 11.4 Å². The standard InChI is InChI=1S/C15H17N3O5S2/c1-23-15(20)13-14(19)11-9(7-17-13)3-4-16-12(11)10-8-24-6-5-18(10)25(2,21)22/h3-4,7,10,19H,5-6,8H2,1-2H3. The molecule has 3 rings (SSSR count). The second-order valence-corrected chi connectivity index (χ2v) is 8.66. The van der Waals surface area contributed by atoms with Crippen molar-refractivity contribution in [3.05, 3.63) is 29.8 Å². The first kappa shape index (κ1) is 17.9. The fourth-order valence-electron chi connectivity index (χ4n) is 2.87. The van der Waals surface area contributed by atoms with Crippen LogP contribution in [0.15, 0.2) is 18.5 Å². The third-order valence-corrected chi connectivity index (χ3v) is 6.32. The highest BCUT2D eigenvalue weighted by atomic mass is 32.2. The zero-order valence-electron chi connectivity index (χ0n) is 13.7. The van der Waals surface area contributed by atoms with Crippen LogP contribution in [-0.4, -0.2) is 65.2 Å². The van der Waals surface area contributed by atoms with E-state index in [1.807, 2.05) is 0 Å². The van der Waals surface area contributed by atoms with Gasteiger partial charge in [0.25, 0.3) is 0 Å². The van der Waals surface area contributed by atoms with Gasteiger partial charge in [-0.15, -0.1) is 0 Å². The molecule has 134 valence electrons. The van der Waals surface area contributed by atoms with Crippen molar-refractivity contribution in [2.75, 3.05) is 31.4 Å². The van der Waals surface area contributed by atoms with Gasteiger partial charge in [-0.1, -0.05) is 0 Å². The zero-order chi connectivity index (χ0) is 18.2. The molecule has 10 heteroatoms. The molecule has 2 aromatic heterocycles. The highest BCUT2D eigenvalue weighted by Gasteiger charge is 2.34. The van der Waals surface area contributed by atoms with Crippen LogP contribution in [0.1, 0.15) is 22.2 Å². The summed E-state index contributed by atoms with van der Waals surface area (Å²) in [6, 6.07) is 1.11. The highest BCUT2D eigenvalue weighted by Crippen LogP contribution is 2.38. The van der Waals surface area contributed by atoms with Crippen LogP contribution < -0.4 is 0 Å². The number of carbonyl (C=O) groups is 1. The Labute approximate surface area is 149 Å². The number of methoxy groups -OCH3 is 1. The van der Waals surface area contributed by atoms with Crippen LogP contribution in [0.2, 0.25) is 0 Å². The molecule has 1 N–H and O–H groups in total.